The lowest BCUT2D eigenvalue weighted by atomic mass is 9.93. The van der Waals surface area contributed by atoms with Gasteiger partial charge in [-0.1, -0.05) is 25.1 Å². The summed E-state index contributed by atoms with van der Waals surface area (Å²) in [6, 6.07) is 9.31. The predicted octanol–water partition coefficient (Wildman–Crippen LogP) is 3.09. The monoisotopic (exact) mass is 269 g/mol. The number of aromatic nitrogens is 2. The van der Waals surface area contributed by atoms with Gasteiger partial charge in [0.15, 0.2) is 0 Å². The fourth-order valence-electron chi connectivity index (χ4n) is 2.88. The van der Waals surface area contributed by atoms with Crippen LogP contribution in [0.15, 0.2) is 30.5 Å². The van der Waals surface area contributed by atoms with E-state index in [-0.39, 0.29) is 0 Å². The largest absolute Gasteiger partial charge is 0.312 e. The summed E-state index contributed by atoms with van der Waals surface area (Å²) in [5.74, 6) is 0. The van der Waals surface area contributed by atoms with Crippen molar-refractivity contribution in [2.75, 3.05) is 6.54 Å². The molecule has 0 radical (unpaired) electrons. The molecule has 3 rings (SSSR count). The summed E-state index contributed by atoms with van der Waals surface area (Å²) >= 11 is 0. The molecule has 0 spiro atoms. The second-order valence-electron chi connectivity index (χ2n) is 5.70. The van der Waals surface area contributed by atoms with Gasteiger partial charge in [0.2, 0.25) is 0 Å². The third kappa shape index (κ3) is 2.63. The summed E-state index contributed by atoms with van der Waals surface area (Å²) in [7, 11) is 0. The van der Waals surface area contributed by atoms with Crippen molar-refractivity contribution in [3.05, 3.63) is 52.8 Å². The van der Waals surface area contributed by atoms with Gasteiger partial charge in [0.1, 0.15) is 0 Å². The zero-order valence-electron chi connectivity index (χ0n) is 12.4. The van der Waals surface area contributed by atoms with E-state index in [0.717, 1.165) is 32.4 Å². The first-order valence-electron chi connectivity index (χ1n) is 7.62. The average molecular weight is 269 g/mol. The van der Waals surface area contributed by atoms with Crippen LogP contribution in [0.4, 0.5) is 0 Å². The number of hydrogen-bond donors (Lipinski definition) is 1. The van der Waals surface area contributed by atoms with Gasteiger partial charge in [0.05, 0.1) is 5.69 Å². The van der Waals surface area contributed by atoms with Gasteiger partial charge in [0.25, 0.3) is 0 Å². The average Bonchev–Trinajstić information content (AvgIpc) is 2.95. The molecule has 0 bridgehead atoms. The Morgan fingerprint density at radius 1 is 1.35 bits per heavy atom. The highest BCUT2D eigenvalue weighted by Gasteiger charge is 2.13. The van der Waals surface area contributed by atoms with Crippen LogP contribution >= 0.6 is 0 Å². The fraction of sp³-hybridized carbons (Fsp3) is 0.471. The van der Waals surface area contributed by atoms with Crippen LogP contribution in [-0.4, -0.2) is 16.3 Å². The Kier molecular flexibility index (Phi) is 3.88. The second-order valence-corrected chi connectivity index (χ2v) is 5.70. The van der Waals surface area contributed by atoms with Crippen LogP contribution in [0.25, 0.3) is 0 Å². The van der Waals surface area contributed by atoms with E-state index < -0.39 is 0 Å². The molecule has 1 aromatic heterocycles. The predicted molar refractivity (Wildman–Crippen MR) is 81.9 cm³/mol. The van der Waals surface area contributed by atoms with Crippen molar-refractivity contribution in [3.63, 3.8) is 0 Å². The maximum atomic E-state index is 4.73. The molecule has 1 unspecified atom stereocenters. The van der Waals surface area contributed by atoms with Crippen LogP contribution in [0.3, 0.4) is 0 Å². The lowest BCUT2D eigenvalue weighted by molar-refractivity contribution is 0.474. The van der Waals surface area contributed by atoms with Crippen molar-refractivity contribution in [2.24, 2.45) is 0 Å². The van der Waals surface area contributed by atoms with Gasteiger partial charge < -0.3 is 5.32 Å². The molecule has 106 valence electrons. The molecule has 20 heavy (non-hydrogen) atoms. The van der Waals surface area contributed by atoms with E-state index >= 15 is 0 Å². The molecule has 1 aliphatic heterocycles. The minimum atomic E-state index is 0.484. The van der Waals surface area contributed by atoms with Crippen molar-refractivity contribution in [2.45, 2.75) is 45.7 Å². The molecule has 0 fully saturated rings. The van der Waals surface area contributed by atoms with E-state index in [4.69, 9.17) is 5.10 Å². The molecule has 0 amide bonds. The normalized spacial score (nSPS) is 15.9. The summed E-state index contributed by atoms with van der Waals surface area (Å²) in [6.07, 6.45) is 5.32. The van der Waals surface area contributed by atoms with E-state index in [1.54, 1.807) is 0 Å². The van der Waals surface area contributed by atoms with Crippen molar-refractivity contribution < 1.29 is 0 Å². The summed E-state index contributed by atoms with van der Waals surface area (Å²) in [5.41, 5.74) is 5.61. The Morgan fingerprint density at radius 3 is 3.10 bits per heavy atom. The molecule has 0 aliphatic carbocycles. The molecule has 1 N–H and O–H groups in total. The minimum Gasteiger partial charge on any atom is -0.312 e. The maximum Gasteiger partial charge on any atom is 0.0668 e. The van der Waals surface area contributed by atoms with Crippen LogP contribution in [0.2, 0.25) is 0 Å². The Balaban J connectivity index is 1.83. The zero-order chi connectivity index (χ0) is 13.9. The maximum absolute atomic E-state index is 4.73. The summed E-state index contributed by atoms with van der Waals surface area (Å²) in [6.45, 7) is 6.51. The molecule has 1 atom stereocenters. The first-order chi connectivity index (χ1) is 9.78. The lowest BCUT2D eigenvalue weighted by Gasteiger charge is -2.20. The standard InChI is InChI=1S/C17H23N3/c1-3-13(2)20-10-8-16(19-20)11-14-5-4-6-15-12-18-9-7-17(14)15/h4-6,8,10,13,18H,3,7,9,11-12H2,1-2H3. The van der Waals surface area contributed by atoms with Gasteiger partial charge >= 0.3 is 0 Å². The number of nitrogens with one attached hydrogen (secondary N) is 1. The molecule has 2 heterocycles. The number of fused-ring (bicyclic) bond motifs is 1. The van der Waals surface area contributed by atoms with Crippen LogP contribution < -0.4 is 5.32 Å². The van der Waals surface area contributed by atoms with E-state index in [1.807, 2.05) is 0 Å². The highest BCUT2D eigenvalue weighted by atomic mass is 15.3. The first kappa shape index (κ1) is 13.4. The molecule has 1 aromatic carbocycles. The molecular formula is C17H23N3. The third-order valence-corrected chi connectivity index (χ3v) is 4.31. The first-order valence-corrected chi connectivity index (χ1v) is 7.62. The van der Waals surface area contributed by atoms with E-state index in [9.17, 15) is 0 Å². The van der Waals surface area contributed by atoms with Gasteiger partial charge in [-0.05, 0) is 49.1 Å². The SMILES string of the molecule is CCC(C)n1ccc(Cc2cccc3c2CCNC3)n1. The molecule has 3 heteroatoms. The molecule has 0 saturated carbocycles. The molecule has 1 aliphatic rings. The Bertz CT molecular complexity index is 586. The molecule has 3 nitrogen and oxygen atoms in total. The van der Waals surface area contributed by atoms with Gasteiger partial charge in [0, 0.05) is 25.2 Å². The quantitative estimate of drug-likeness (QED) is 0.924. The minimum absolute atomic E-state index is 0.484. The van der Waals surface area contributed by atoms with Gasteiger partial charge in [-0.15, -0.1) is 0 Å². The van der Waals surface area contributed by atoms with Crippen molar-refractivity contribution in [1.82, 2.24) is 15.1 Å². The smallest absolute Gasteiger partial charge is 0.0668 e. The summed E-state index contributed by atoms with van der Waals surface area (Å²) in [4.78, 5) is 0. The highest BCUT2D eigenvalue weighted by molar-refractivity contribution is 5.38. The Morgan fingerprint density at radius 2 is 2.25 bits per heavy atom. The van der Waals surface area contributed by atoms with Crippen molar-refractivity contribution in [1.29, 1.82) is 0 Å². The van der Waals surface area contributed by atoms with Crippen molar-refractivity contribution in [3.8, 4) is 0 Å². The summed E-state index contributed by atoms with van der Waals surface area (Å²) in [5, 5.41) is 8.17. The Labute approximate surface area is 121 Å². The van der Waals surface area contributed by atoms with Crippen molar-refractivity contribution >= 4 is 0 Å². The van der Waals surface area contributed by atoms with Crippen LogP contribution in [-0.2, 0) is 19.4 Å². The highest BCUT2D eigenvalue weighted by Crippen LogP contribution is 2.21. The van der Waals surface area contributed by atoms with Gasteiger partial charge in [-0.2, -0.15) is 5.10 Å². The van der Waals surface area contributed by atoms with Gasteiger partial charge in [-0.25, -0.2) is 0 Å². The van der Waals surface area contributed by atoms with Crippen LogP contribution in [0, 0.1) is 0 Å². The van der Waals surface area contributed by atoms with E-state index in [2.05, 4.69) is 54.3 Å². The number of hydrogen-bond acceptors (Lipinski definition) is 2. The number of rotatable bonds is 4. The lowest BCUT2D eigenvalue weighted by Crippen LogP contribution is -2.24. The second kappa shape index (κ2) is 5.80. The summed E-state index contributed by atoms with van der Waals surface area (Å²) < 4.78 is 2.09. The van der Waals surface area contributed by atoms with Crippen LogP contribution in [0.5, 0.6) is 0 Å². The third-order valence-electron chi connectivity index (χ3n) is 4.31. The Hall–Kier alpha value is -1.61. The topological polar surface area (TPSA) is 29.9 Å². The molecule has 0 saturated heterocycles. The molecule has 2 aromatic rings. The van der Waals surface area contributed by atoms with Crippen LogP contribution in [0.1, 0.15) is 48.7 Å². The number of nitrogens with zero attached hydrogens (tertiary/aromatic N) is 2. The molecular weight excluding hydrogens is 246 g/mol. The zero-order valence-corrected chi connectivity index (χ0v) is 12.4. The van der Waals surface area contributed by atoms with E-state index in [1.165, 1.54) is 22.4 Å². The number of benzene rings is 1. The fourth-order valence-corrected chi connectivity index (χ4v) is 2.88. The van der Waals surface area contributed by atoms with Gasteiger partial charge in [-0.3, -0.25) is 4.68 Å². The van der Waals surface area contributed by atoms with E-state index in [0.29, 0.717) is 6.04 Å².